The Kier molecular flexibility index (Phi) is 7.25. The van der Waals surface area contributed by atoms with Gasteiger partial charge in [-0.15, -0.1) is 0 Å². The van der Waals surface area contributed by atoms with E-state index in [1.54, 1.807) is 45.0 Å². The molecule has 1 aliphatic heterocycles. The molecule has 1 fully saturated rings. The fraction of sp³-hybridized carbons (Fsp3) is 0.550. The highest BCUT2D eigenvalue weighted by Crippen LogP contribution is 2.19. The molecule has 0 atom stereocenters. The van der Waals surface area contributed by atoms with Crippen LogP contribution in [-0.4, -0.2) is 54.6 Å². The minimum atomic E-state index is -0.614. The smallest absolute Gasteiger partial charge is 0.408 e. The van der Waals surface area contributed by atoms with Crippen molar-refractivity contribution in [2.45, 2.75) is 39.2 Å². The minimum absolute atomic E-state index is 0.00375. The number of carbonyl (C=O) groups excluding carboxylic acids is 3. The summed E-state index contributed by atoms with van der Waals surface area (Å²) in [5.41, 5.74) is 6.32. The molecule has 0 saturated carbocycles. The lowest BCUT2D eigenvalue weighted by Crippen LogP contribution is -2.44. The van der Waals surface area contributed by atoms with Crippen LogP contribution >= 0.6 is 0 Å². The molecule has 3 amide bonds. The number of amides is 3. The number of nitrogens with two attached hydrogens (primary N) is 1. The summed E-state index contributed by atoms with van der Waals surface area (Å²) >= 11 is 0. The number of likely N-dealkylation sites (tertiary alicyclic amines) is 1. The average molecular weight is 390 g/mol. The molecule has 1 aromatic carbocycles. The van der Waals surface area contributed by atoms with Gasteiger partial charge in [0.2, 0.25) is 5.91 Å². The third kappa shape index (κ3) is 7.09. The second-order valence-electron chi connectivity index (χ2n) is 8.02. The number of piperidine rings is 1. The molecule has 0 bridgehead atoms. The van der Waals surface area contributed by atoms with Gasteiger partial charge in [-0.05, 0) is 63.8 Å². The Hall–Kier alpha value is -2.77. The molecule has 1 aliphatic rings. The highest BCUT2D eigenvalue weighted by atomic mass is 16.6. The Labute approximate surface area is 165 Å². The first-order chi connectivity index (χ1) is 13.1. The number of anilines is 1. The highest BCUT2D eigenvalue weighted by Gasteiger charge is 2.24. The van der Waals surface area contributed by atoms with Gasteiger partial charge in [-0.25, -0.2) is 4.79 Å². The van der Waals surface area contributed by atoms with E-state index in [-0.39, 0.29) is 18.4 Å². The van der Waals surface area contributed by atoms with Gasteiger partial charge in [-0.1, -0.05) is 0 Å². The van der Waals surface area contributed by atoms with Crippen LogP contribution < -0.4 is 16.4 Å². The zero-order chi connectivity index (χ0) is 20.7. The first kappa shape index (κ1) is 21.5. The molecule has 1 saturated heterocycles. The molecule has 0 spiro atoms. The molecule has 8 nitrogen and oxygen atoms in total. The number of rotatable bonds is 5. The molecule has 8 heteroatoms. The first-order valence-corrected chi connectivity index (χ1v) is 9.52. The summed E-state index contributed by atoms with van der Waals surface area (Å²) in [6.45, 7) is 6.99. The number of benzene rings is 1. The predicted octanol–water partition coefficient (Wildman–Crippen LogP) is 1.76. The Morgan fingerprint density at radius 3 is 2.29 bits per heavy atom. The van der Waals surface area contributed by atoms with Gasteiger partial charge in [0, 0.05) is 30.9 Å². The number of hydrogen-bond donors (Lipinski definition) is 3. The molecule has 4 N–H and O–H groups in total. The summed E-state index contributed by atoms with van der Waals surface area (Å²) in [4.78, 5) is 37.8. The lowest BCUT2D eigenvalue weighted by Gasteiger charge is -2.32. The predicted molar refractivity (Wildman–Crippen MR) is 107 cm³/mol. The standard InChI is InChI=1S/C20H30N4O4/c1-20(2,3)28-19(27)23-13-17(25)22-12-14-8-10-24(11-9-14)18(26)15-4-6-16(21)7-5-15/h4-7,14H,8-13,21H2,1-3H3,(H,22,25)(H,23,27). The van der Waals surface area contributed by atoms with Crippen LogP contribution in [0.5, 0.6) is 0 Å². The van der Waals surface area contributed by atoms with Gasteiger partial charge in [0.25, 0.3) is 5.91 Å². The van der Waals surface area contributed by atoms with E-state index in [1.807, 2.05) is 4.90 Å². The molecule has 0 aliphatic carbocycles. The van der Waals surface area contributed by atoms with Crippen molar-refractivity contribution in [1.82, 2.24) is 15.5 Å². The number of alkyl carbamates (subject to hydrolysis) is 1. The second-order valence-corrected chi connectivity index (χ2v) is 8.02. The molecular weight excluding hydrogens is 360 g/mol. The zero-order valence-electron chi connectivity index (χ0n) is 16.8. The Morgan fingerprint density at radius 1 is 1.11 bits per heavy atom. The van der Waals surface area contributed by atoms with E-state index in [0.29, 0.717) is 36.8 Å². The molecular formula is C20H30N4O4. The number of nitrogen functional groups attached to an aromatic ring is 1. The summed E-state index contributed by atoms with van der Waals surface area (Å²) < 4.78 is 5.09. The molecule has 1 heterocycles. The van der Waals surface area contributed by atoms with Crippen molar-refractivity contribution in [2.24, 2.45) is 5.92 Å². The lowest BCUT2D eigenvalue weighted by atomic mass is 9.96. The largest absolute Gasteiger partial charge is 0.444 e. The van der Waals surface area contributed by atoms with Gasteiger partial charge in [0.15, 0.2) is 0 Å². The second kappa shape index (κ2) is 9.43. The van der Waals surface area contributed by atoms with Gasteiger partial charge in [0.05, 0.1) is 6.54 Å². The van der Waals surface area contributed by atoms with E-state index >= 15 is 0 Å². The summed E-state index contributed by atoms with van der Waals surface area (Å²) in [6, 6.07) is 6.92. The van der Waals surface area contributed by atoms with Gasteiger partial charge in [-0.3, -0.25) is 9.59 Å². The molecule has 0 aromatic heterocycles. The van der Waals surface area contributed by atoms with Crippen LogP contribution in [0.25, 0.3) is 0 Å². The van der Waals surface area contributed by atoms with Crippen LogP contribution in [-0.2, 0) is 9.53 Å². The van der Waals surface area contributed by atoms with E-state index in [4.69, 9.17) is 10.5 Å². The SMILES string of the molecule is CC(C)(C)OC(=O)NCC(=O)NCC1CCN(C(=O)c2ccc(N)cc2)CC1. The van der Waals surface area contributed by atoms with E-state index < -0.39 is 11.7 Å². The number of nitrogens with one attached hydrogen (secondary N) is 2. The number of hydrogen-bond acceptors (Lipinski definition) is 5. The Morgan fingerprint density at radius 2 is 1.71 bits per heavy atom. The molecule has 154 valence electrons. The number of nitrogens with zero attached hydrogens (tertiary/aromatic N) is 1. The van der Waals surface area contributed by atoms with E-state index in [2.05, 4.69) is 10.6 Å². The van der Waals surface area contributed by atoms with Crippen molar-refractivity contribution in [3.8, 4) is 0 Å². The van der Waals surface area contributed by atoms with Crippen molar-refractivity contribution in [1.29, 1.82) is 0 Å². The number of ether oxygens (including phenoxy) is 1. The van der Waals surface area contributed by atoms with Crippen molar-refractivity contribution in [2.75, 3.05) is 31.9 Å². The van der Waals surface area contributed by atoms with E-state index in [0.717, 1.165) is 12.8 Å². The monoisotopic (exact) mass is 390 g/mol. The zero-order valence-corrected chi connectivity index (χ0v) is 16.8. The molecule has 0 radical (unpaired) electrons. The minimum Gasteiger partial charge on any atom is -0.444 e. The van der Waals surface area contributed by atoms with Crippen LogP contribution in [0.4, 0.5) is 10.5 Å². The Balaban J connectivity index is 1.67. The van der Waals surface area contributed by atoms with Gasteiger partial charge >= 0.3 is 6.09 Å². The van der Waals surface area contributed by atoms with Crippen LogP contribution in [0.2, 0.25) is 0 Å². The molecule has 28 heavy (non-hydrogen) atoms. The fourth-order valence-electron chi connectivity index (χ4n) is 2.94. The quantitative estimate of drug-likeness (QED) is 0.663. The summed E-state index contributed by atoms with van der Waals surface area (Å²) in [7, 11) is 0. The van der Waals surface area contributed by atoms with Crippen molar-refractivity contribution < 1.29 is 19.1 Å². The topological polar surface area (TPSA) is 114 Å². The fourth-order valence-corrected chi connectivity index (χ4v) is 2.94. The third-order valence-electron chi connectivity index (χ3n) is 4.44. The summed E-state index contributed by atoms with van der Waals surface area (Å²) in [6.07, 6.45) is 1.03. The summed E-state index contributed by atoms with van der Waals surface area (Å²) in [5.74, 6) is 0.0521. The van der Waals surface area contributed by atoms with Crippen molar-refractivity contribution in [3.63, 3.8) is 0 Å². The van der Waals surface area contributed by atoms with Crippen LogP contribution in [0.1, 0.15) is 44.0 Å². The average Bonchev–Trinajstić information content (AvgIpc) is 2.64. The van der Waals surface area contributed by atoms with Crippen LogP contribution in [0.15, 0.2) is 24.3 Å². The van der Waals surface area contributed by atoms with Crippen molar-refractivity contribution >= 4 is 23.6 Å². The maximum Gasteiger partial charge on any atom is 0.408 e. The van der Waals surface area contributed by atoms with Crippen LogP contribution in [0.3, 0.4) is 0 Å². The summed E-state index contributed by atoms with van der Waals surface area (Å²) in [5, 5.41) is 5.26. The van der Waals surface area contributed by atoms with Gasteiger partial charge in [-0.2, -0.15) is 0 Å². The number of carbonyl (C=O) groups is 3. The van der Waals surface area contributed by atoms with E-state index in [1.165, 1.54) is 0 Å². The van der Waals surface area contributed by atoms with Crippen LogP contribution in [0, 0.1) is 5.92 Å². The maximum atomic E-state index is 12.5. The molecule has 2 rings (SSSR count). The Bertz CT molecular complexity index is 689. The third-order valence-corrected chi connectivity index (χ3v) is 4.44. The van der Waals surface area contributed by atoms with Crippen molar-refractivity contribution in [3.05, 3.63) is 29.8 Å². The highest BCUT2D eigenvalue weighted by molar-refractivity contribution is 5.94. The molecule has 1 aromatic rings. The van der Waals surface area contributed by atoms with Gasteiger partial charge in [0.1, 0.15) is 5.60 Å². The van der Waals surface area contributed by atoms with E-state index in [9.17, 15) is 14.4 Å². The molecule has 0 unspecified atom stereocenters. The van der Waals surface area contributed by atoms with Gasteiger partial charge < -0.3 is 26.0 Å². The maximum absolute atomic E-state index is 12.5. The lowest BCUT2D eigenvalue weighted by molar-refractivity contribution is -0.120. The first-order valence-electron chi connectivity index (χ1n) is 9.52. The normalized spacial score (nSPS) is 15.0.